The highest BCUT2D eigenvalue weighted by Gasteiger charge is 2.08. The van der Waals surface area contributed by atoms with E-state index < -0.39 is 0 Å². The fourth-order valence-corrected chi connectivity index (χ4v) is 2.62. The monoisotopic (exact) mass is 430 g/mol. The van der Waals surface area contributed by atoms with Gasteiger partial charge in [-0.3, -0.25) is 4.98 Å². The van der Waals surface area contributed by atoms with Gasteiger partial charge in [0.05, 0.1) is 10.2 Å². The highest BCUT2D eigenvalue weighted by molar-refractivity contribution is 9.10. The number of aromatic nitrogens is 3. The van der Waals surface area contributed by atoms with Crippen LogP contribution in [0.25, 0.3) is 11.3 Å². The minimum absolute atomic E-state index is 0.340. The lowest BCUT2D eigenvalue weighted by Gasteiger charge is -2.13. The Hall–Kier alpha value is -2.58. The number of hydrogen-bond acceptors (Lipinski definition) is 6. The summed E-state index contributed by atoms with van der Waals surface area (Å²) in [4.78, 5) is 15.2. The summed E-state index contributed by atoms with van der Waals surface area (Å²) in [5.41, 5.74) is 2.28. The lowest BCUT2D eigenvalue weighted by Crippen LogP contribution is -2.21. The molecule has 0 spiro atoms. The van der Waals surface area contributed by atoms with Crippen LogP contribution in [0, 0.1) is 5.82 Å². The Morgan fingerprint density at radius 3 is 2.56 bits per heavy atom. The molecule has 8 heteroatoms. The van der Waals surface area contributed by atoms with Crippen LogP contribution in [0.2, 0.25) is 0 Å². The number of likely N-dealkylation sites (N-methyl/N-ethyl adjacent to an activating group) is 1. The van der Waals surface area contributed by atoms with Crippen LogP contribution in [0.5, 0.6) is 0 Å². The van der Waals surface area contributed by atoms with Crippen molar-refractivity contribution < 1.29 is 4.39 Å². The average molecular weight is 431 g/mol. The SMILES string of the molecule is CN(C)CCNc1nc(Nc2ccc(Br)c(F)c2)cc(-c2ccncc2)n1. The number of anilines is 3. The molecule has 140 valence electrons. The third-order valence-corrected chi connectivity index (χ3v) is 4.38. The highest BCUT2D eigenvalue weighted by Crippen LogP contribution is 2.25. The van der Waals surface area contributed by atoms with Gasteiger partial charge in [-0.15, -0.1) is 0 Å². The molecular formula is C19H20BrFN6. The molecule has 2 N–H and O–H groups in total. The molecule has 0 amide bonds. The summed E-state index contributed by atoms with van der Waals surface area (Å²) >= 11 is 3.16. The fraction of sp³-hybridized carbons (Fsp3) is 0.211. The van der Waals surface area contributed by atoms with E-state index in [2.05, 4.69) is 46.4 Å². The number of nitrogens with one attached hydrogen (secondary N) is 2. The molecule has 0 atom stereocenters. The Labute approximate surface area is 166 Å². The van der Waals surface area contributed by atoms with Gasteiger partial charge in [0.1, 0.15) is 11.6 Å². The van der Waals surface area contributed by atoms with E-state index in [1.54, 1.807) is 24.5 Å². The van der Waals surface area contributed by atoms with Gasteiger partial charge in [-0.2, -0.15) is 4.98 Å². The molecule has 3 rings (SSSR count). The smallest absolute Gasteiger partial charge is 0.225 e. The summed E-state index contributed by atoms with van der Waals surface area (Å²) in [6.07, 6.45) is 3.43. The van der Waals surface area contributed by atoms with Gasteiger partial charge >= 0.3 is 0 Å². The predicted octanol–water partition coefficient (Wildman–Crippen LogP) is 4.16. The van der Waals surface area contributed by atoms with E-state index in [1.807, 2.05) is 32.3 Å². The second-order valence-electron chi connectivity index (χ2n) is 6.18. The largest absolute Gasteiger partial charge is 0.353 e. The van der Waals surface area contributed by atoms with Gasteiger partial charge in [-0.05, 0) is 60.4 Å². The molecule has 2 heterocycles. The quantitative estimate of drug-likeness (QED) is 0.586. The Balaban J connectivity index is 1.90. The molecule has 3 aromatic rings. The summed E-state index contributed by atoms with van der Waals surface area (Å²) in [6.45, 7) is 1.56. The summed E-state index contributed by atoms with van der Waals surface area (Å²) in [6, 6.07) is 10.4. The van der Waals surface area contributed by atoms with Crippen LogP contribution in [0.1, 0.15) is 0 Å². The zero-order valence-electron chi connectivity index (χ0n) is 15.1. The van der Waals surface area contributed by atoms with Gasteiger partial charge in [0.15, 0.2) is 0 Å². The van der Waals surface area contributed by atoms with Crippen LogP contribution in [0.4, 0.5) is 21.8 Å². The summed E-state index contributed by atoms with van der Waals surface area (Å²) in [7, 11) is 4.01. The zero-order chi connectivity index (χ0) is 19.2. The molecule has 6 nitrogen and oxygen atoms in total. The predicted molar refractivity (Wildman–Crippen MR) is 110 cm³/mol. The molecule has 0 fully saturated rings. The van der Waals surface area contributed by atoms with Crippen molar-refractivity contribution in [3.63, 3.8) is 0 Å². The first-order chi connectivity index (χ1) is 13.0. The van der Waals surface area contributed by atoms with E-state index in [4.69, 9.17) is 0 Å². The Bertz CT molecular complexity index is 904. The second kappa shape index (κ2) is 8.88. The van der Waals surface area contributed by atoms with Crippen molar-refractivity contribution >= 4 is 33.4 Å². The molecular weight excluding hydrogens is 411 g/mol. The molecule has 2 aromatic heterocycles. The maximum absolute atomic E-state index is 13.8. The number of rotatable bonds is 7. The minimum Gasteiger partial charge on any atom is -0.353 e. The van der Waals surface area contributed by atoms with Crippen molar-refractivity contribution in [2.75, 3.05) is 37.8 Å². The average Bonchev–Trinajstić information content (AvgIpc) is 2.65. The van der Waals surface area contributed by atoms with Gasteiger partial charge in [-0.25, -0.2) is 9.37 Å². The molecule has 27 heavy (non-hydrogen) atoms. The highest BCUT2D eigenvalue weighted by atomic mass is 79.9. The van der Waals surface area contributed by atoms with Gasteiger partial charge in [0.25, 0.3) is 0 Å². The Morgan fingerprint density at radius 2 is 1.85 bits per heavy atom. The standard InChI is InChI=1S/C19H20BrFN6/c1-27(2)10-9-23-19-25-17(13-5-7-22-8-6-13)12-18(26-19)24-14-3-4-15(20)16(21)11-14/h3-8,11-12H,9-10H2,1-2H3,(H2,23,24,25,26). The van der Waals surface area contributed by atoms with E-state index in [0.717, 1.165) is 17.8 Å². The summed E-state index contributed by atoms with van der Waals surface area (Å²) < 4.78 is 14.2. The van der Waals surface area contributed by atoms with Crippen molar-refractivity contribution in [3.05, 3.63) is 59.1 Å². The van der Waals surface area contributed by atoms with Crippen LogP contribution in [-0.4, -0.2) is 47.0 Å². The van der Waals surface area contributed by atoms with Crippen molar-refractivity contribution in [1.82, 2.24) is 19.9 Å². The third kappa shape index (κ3) is 5.45. The first kappa shape index (κ1) is 19.2. The van der Waals surface area contributed by atoms with Gasteiger partial charge in [0.2, 0.25) is 5.95 Å². The van der Waals surface area contributed by atoms with Crippen molar-refractivity contribution in [2.45, 2.75) is 0 Å². The molecule has 0 aliphatic heterocycles. The zero-order valence-corrected chi connectivity index (χ0v) is 16.7. The van der Waals surface area contributed by atoms with Crippen molar-refractivity contribution in [3.8, 4) is 11.3 Å². The van der Waals surface area contributed by atoms with Crippen molar-refractivity contribution in [1.29, 1.82) is 0 Å². The van der Waals surface area contributed by atoms with E-state index in [1.165, 1.54) is 6.07 Å². The number of benzene rings is 1. The molecule has 0 radical (unpaired) electrons. The van der Waals surface area contributed by atoms with Crippen LogP contribution < -0.4 is 10.6 Å². The molecule has 0 saturated heterocycles. The molecule has 1 aromatic carbocycles. The van der Waals surface area contributed by atoms with E-state index in [9.17, 15) is 4.39 Å². The van der Waals surface area contributed by atoms with Crippen LogP contribution in [0.15, 0.2) is 53.3 Å². The lowest BCUT2D eigenvalue weighted by molar-refractivity contribution is 0.425. The second-order valence-corrected chi connectivity index (χ2v) is 7.04. The molecule has 0 aliphatic carbocycles. The number of pyridine rings is 1. The Kier molecular flexibility index (Phi) is 6.31. The maximum atomic E-state index is 13.8. The topological polar surface area (TPSA) is 66.0 Å². The number of nitrogens with zero attached hydrogens (tertiary/aromatic N) is 4. The van der Waals surface area contributed by atoms with Gasteiger partial charge in [0, 0.05) is 42.8 Å². The molecule has 0 bridgehead atoms. The molecule has 0 saturated carbocycles. The van der Waals surface area contributed by atoms with Crippen LogP contribution in [-0.2, 0) is 0 Å². The van der Waals surface area contributed by atoms with Gasteiger partial charge in [-0.1, -0.05) is 0 Å². The summed E-state index contributed by atoms with van der Waals surface area (Å²) in [5.74, 6) is 0.741. The normalized spacial score (nSPS) is 10.9. The van der Waals surface area contributed by atoms with E-state index in [0.29, 0.717) is 28.5 Å². The maximum Gasteiger partial charge on any atom is 0.225 e. The number of hydrogen-bond donors (Lipinski definition) is 2. The lowest BCUT2D eigenvalue weighted by atomic mass is 10.2. The van der Waals surface area contributed by atoms with E-state index >= 15 is 0 Å². The molecule has 0 unspecified atom stereocenters. The minimum atomic E-state index is -0.340. The Morgan fingerprint density at radius 1 is 1.07 bits per heavy atom. The number of halogens is 2. The van der Waals surface area contributed by atoms with Gasteiger partial charge < -0.3 is 15.5 Å². The van der Waals surface area contributed by atoms with Crippen molar-refractivity contribution in [2.24, 2.45) is 0 Å². The first-order valence-electron chi connectivity index (χ1n) is 8.41. The fourth-order valence-electron chi connectivity index (χ4n) is 2.37. The van der Waals surface area contributed by atoms with E-state index in [-0.39, 0.29) is 5.82 Å². The first-order valence-corrected chi connectivity index (χ1v) is 9.21. The van der Waals surface area contributed by atoms with Crippen LogP contribution in [0.3, 0.4) is 0 Å². The molecule has 0 aliphatic rings. The summed E-state index contributed by atoms with van der Waals surface area (Å²) in [5, 5.41) is 6.38. The van der Waals surface area contributed by atoms with Crippen LogP contribution >= 0.6 is 15.9 Å². The third-order valence-electron chi connectivity index (χ3n) is 3.74.